The fraction of sp³-hybridized carbons (Fsp3) is 0.486. The molecule has 1 fully saturated rings. The first-order valence-corrected chi connectivity index (χ1v) is 17.4. The van der Waals surface area contributed by atoms with Gasteiger partial charge in [0.05, 0.1) is 25.3 Å². The molecular formula is C35H44F3NO6S. The van der Waals surface area contributed by atoms with Gasteiger partial charge in [-0.25, -0.2) is 13.2 Å². The minimum Gasteiger partial charge on any atom is -0.466 e. The Labute approximate surface area is 270 Å². The van der Waals surface area contributed by atoms with Gasteiger partial charge in [-0.15, -0.1) is 6.58 Å². The van der Waals surface area contributed by atoms with Crippen molar-refractivity contribution in [3.8, 4) is 11.1 Å². The van der Waals surface area contributed by atoms with E-state index in [1.165, 1.54) is 17.7 Å². The van der Waals surface area contributed by atoms with Gasteiger partial charge in [-0.1, -0.05) is 17.7 Å². The zero-order valence-electron chi connectivity index (χ0n) is 27.2. The van der Waals surface area contributed by atoms with Gasteiger partial charge in [0.25, 0.3) is 16.0 Å². The predicted molar refractivity (Wildman–Crippen MR) is 172 cm³/mol. The van der Waals surface area contributed by atoms with Gasteiger partial charge in [-0.3, -0.25) is 13.8 Å². The first-order chi connectivity index (χ1) is 21.7. The van der Waals surface area contributed by atoms with Crippen molar-refractivity contribution in [2.45, 2.75) is 97.1 Å². The highest BCUT2D eigenvalue weighted by molar-refractivity contribution is 7.86. The smallest absolute Gasteiger partial charge is 0.308 e. The molecular weight excluding hydrogens is 619 g/mol. The molecule has 2 atom stereocenters. The standard InChI is InChI=1S/C35H44F3NO6S/c1-7-12-30(45-46(6,42)43)35(41)39-29(20-31(40)44-8-2)27-19-24(18-26(33(27)37)23-15-16-23)32-22(5)17-28(36)34(38)25(32)14-11-9-10-13-21(3)4/h7,13,17-19,23,29-30H,1,8-12,14-16,20H2,2-6H3,(H,39,41)/t29-,30+/m0/s1. The Morgan fingerprint density at radius 1 is 1.11 bits per heavy atom. The number of carbonyl (C=O) groups is 2. The van der Waals surface area contributed by atoms with Crippen LogP contribution in [0.3, 0.4) is 0 Å². The Balaban J connectivity index is 2.16. The molecule has 0 aromatic heterocycles. The van der Waals surface area contributed by atoms with Crippen molar-refractivity contribution in [2.24, 2.45) is 0 Å². The average Bonchev–Trinajstić information content (AvgIpc) is 3.80. The largest absolute Gasteiger partial charge is 0.466 e. The maximum absolute atomic E-state index is 16.3. The summed E-state index contributed by atoms with van der Waals surface area (Å²) in [4.78, 5) is 26.0. The zero-order chi connectivity index (χ0) is 34.2. The summed E-state index contributed by atoms with van der Waals surface area (Å²) in [7, 11) is -4.06. The molecule has 1 amide bonds. The second kappa shape index (κ2) is 16.4. The summed E-state index contributed by atoms with van der Waals surface area (Å²) in [5, 5.41) is 2.59. The molecule has 1 aliphatic rings. The molecule has 1 aliphatic carbocycles. The van der Waals surface area contributed by atoms with E-state index < -0.39 is 58.0 Å². The lowest BCUT2D eigenvalue weighted by Crippen LogP contribution is -2.40. The quantitative estimate of drug-likeness (QED) is 0.0808. The van der Waals surface area contributed by atoms with Crippen molar-refractivity contribution >= 4 is 22.0 Å². The number of aryl methyl sites for hydroxylation is 1. The van der Waals surface area contributed by atoms with E-state index >= 15 is 8.78 Å². The SMILES string of the molecule is C=CC[C@@H](OS(C)(=O)=O)C(=O)N[C@@H](CC(=O)OCC)c1cc(-c2c(C)cc(F)c(F)c2CCCCC=C(C)C)cc(C2CC2)c1F. The molecule has 2 aromatic carbocycles. The van der Waals surface area contributed by atoms with E-state index in [0.29, 0.717) is 41.5 Å². The first-order valence-electron chi connectivity index (χ1n) is 15.6. The molecule has 7 nitrogen and oxygen atoms in total. The van der Waals surface area contributed by atoms with Crippen LogP contribution in [-0.4, -0.2) is 39.3 Å². The summed E-state index contributed by atoms with van der Waals surface area (Å²) < 4.78 is 80.2. The number of benzene rings is 2. The predicted octanol–water partition coefficient (Wildman–Crippen LogP) is 7.67. The van der Waals surface area contributed by atoms with E-state index in [0.717, 1.165) is 25.2 Å². The second-order valence-electron chi connectivity index (χ2n) is 12.0. The van der Waals surface area contributed by atoms with E-state index in [1.807, 2.05) is 13.8 Å². The maximum atomic E-state index is 16.3. The monoisotopic (exact) mass is 663 g/mol. The molecule has 1 N–H and O–H groups in total. The van der Waals surface area contributed by atoms with Gasteiger partial charge < -0.3 is 10.1 Å². The van der Waals surface area contributed by atoms with Crippen molar-refractivity contribution in [1.29, 1.82) is 0 Å². The van der Waals surface area contributed by atoms with Crippen LogP contribution in [0.4, 0.5) is 13.2 Å². The lowest BCUT2D eigenvalue weighted by molar-refractivity contribution is -0.144. The summed E-state index contributed by atoms with van der Waals surface area (Å²) in [6.45, 7) is 10.8. The molecule has 2 aromatic rings. The number of hydrogen-bond acceptors (Lipinski definition) is 6. The topological polar surface area (TPSA) is 98.8 Å². The number of esters is 1. The third-order valence-electron chi connectivity index (χ3n) is 7.71. The number of amides is 1. The van der Waals surface area contributed by atoms with E-state index in [-0.39, 0.29) is 36.5 Å². The molecule has 3 rings (SSSR count). The fourth-order valence-electron chi connectivity index (χ4n) is 5.49. The Bertz CT molecular complexity index is 1580. The number of carbonyl (C=O) groups excluding carboxylic acids is 2. The van der Waals surface area contributed by atoms with Gasteiger partial charge in [0, 0.05) is 12.0 Å². The molecule has 0 saturated heterocycles. The molecule has 0 spiro atoms. The molecule has 11 heteroatoms. The van der Waals surface area contributed by atoms with Crippen LogP contribution in [0.1, 0.15) is 99.9 Å². The van der Waals surface area contributed by atoms with Crippen molar-refractivity contribution < 1.29 is 40.1 Å². The lowest BCUT2D eigenvalue weighted by atomic mass is 9.87. The molecule has 0 aliphatic heterocycles. The number of halogens is 3. The van der Waals surface area contributed by atoms with E-state index in [9.17, 15) is 22.4 Å². The number of unbranched alkanes of at least 4 members (excludes halogenated alkanes) is 2. The molecule has 0 radical (unpaired) electrons. The van der Waals surface area contributed by atoms with Crippen molar-refractivity contribution in [2.75, 3.05) is 12.9 Å². The van der Waals surface area contributed by atoms with E-state index in [2.05, 4.69) is 18.0 Å². The number of allylic oxidation sites excluding steroid dienone is 2. The minimum atomic E-state index is -4.06. The molecule has 46 heavy (non-hydrogen) atoms. The molecule has 252 valence electrons. The zero-order valence-corrected chi connectivity index (χ0v) is 28.0. The average molecular weight is 664 g/mol. The fourth-order valence-corrected chi connectivity index (χ4v) is 6.08. The summed E-state index contributed by atoms with van der Waals surface area (Å²) in [5.74, 6) is -4.35. The van der Waals surface area contributed by atoms with Gasteiger partial charge in [-0.2, -0.15) is 8.42 Å². The number of ether oxygens (including phenoxy) is 1. The number of nitrogens with one attached hydrogen (secondary N) is 1. The second-order valence-corrected chi connectivity index (χ2v) is 13.6. The van der Waals surface area contributed by atoms with Crippen LogP contribution in [0.15, 0.2) is 42.5 Å². The highest BCUT2D eigenvalue weighted by Crippen LogP contribution is 2.45. The summed E-state index contributed by atoms with van der Waals surface area (Å²) in [5.41, 5.74) is 2.93. The van der Waals surface area contributed by atoms with Gasteiger partial charge >= 0.3 is 5.97 Å². The lowest BCUT2D eigenvalue weighted by Gasteiger charge is -2.24. The molecule has 0 unspecified atom stereocenters. The Kier molecular flexibility index (Phi) is 13.2. The molecule has 0 heterocycles. The minimum absolute atomic E-state index is 0.0383. The summed E-state index contributed by atoms with van der Waals surface area (Å²) in [6, 6.07) is 2.90. The van der Waals surface area contributed by atoms with Crippen LogP contribution in [-0.2, 0) is 35.0 Å². The molecule has 0 bridgehead atoms. The van der Waals surface area contributed by atoms with Crippen LogP contribution in [0.25, 0.3) is 11.1 Å². The van der Waals surface area contributed by atoms with Crippen LogP contribution >= 0.6 is 0 Å². The Hall–Kier alpha value is -3.44. The van der Waals surface area contributed by atoms with E-state index in [4.69, 9.17) is 8.92 Å². The van der Waals surface area contributed by atoms with Crippen LogP contribution in [0.5, 0.6) is 0 Å². The normalized spacial score (nSPS) is 14.3. The van der Waals surface area contributed by atoms with Gasteiger partial charge in [0.15, 0.2) is 17.7 Å². The van der Waals surface area contributed by atoms with Crippen molar-refractivity contribution in [3.05, 3.63) is 82.2 Å². The molecule has 1 saturated carbocycles. The van der Waals surface area contributed by atoms with Gasteiger partial charge in [-0.05, 0) is 118 Å². The van der Waals surface area contributed by atoms with Gasteiger partial charge in [0.1, 0.15) is 5.82 Å². The third kappa shape index (κ3) is 10.3. The third-order valence-corrected chi connectivity index (χ3v) is 8.30. The van der Waals surface area contributed by atoms with Crippen LogP contribution in [0, 0.1) is 24.4 Å². The van der Waals surface area contributed by atoms with E-state index in [1.54, 1.807) is 19.9 Å². The first kappa shape index (κ1) is 37.0. The van der Waals surface area contributed by atoms with Crippen molar-refractivity contribution in [3.63, 3.8) is 0 Å². The van der Waals surface area contributed by atoms with Crippen LogP contribution in [0.2, 0.25) is 0 Å². The Morgan fingerprint density at radius 3 is 2.39 bits per heavy atom. The van der Waals surface area contributed by atoms with Gasteiger partial charge in [0.2, 0.25) is 0 Å². The highest BCUT2D eigenvalue weighted by atomic mass is 32.2. The Morgan fingerprint density at radius 2 is 1.80 bits per heavy atom. The number of hydrogen-bond donors (Lipinski definition) is 1. The highest BCUT2D eigenvalue weighted by Gasteiger charge is 2.34. The van der Waals surface area contributed by atoms with Crippen molar-refractivity contribution in [1.82, 2.24) is 5.32 Å². The maximum Gasteiger partial charge on any atom is 0.308 e. The number of rotatable bonds is 17. The summed E-state index contributed by atoms with van der Waals surface area (Å²) >= 11 is 0. The van der Waals surface area contributed by atoms with Crippen LogP contribution < -0.4 is 5.32 Å². The summed E-state index contributed by atoms with van der Waals surface area (Å²) in [6.07, 6.45) is 5.84.